The SMILES string of the molecule is CC(CCC(N)=O)CC(=O)NC1C(=O)COC1CN1CCCC1. The van der Waals surface area contributed by atoms with Gasteiger partial charge >= 0.3 is 0 Å². The molecule has 0 radical (unpaired) electrons. The van der Waals surface area contributed by atoms with E-state index in [-0.39, 0.29) is 49.1 Å². The highest BCUT2D eigenvalue weighted by atomic mass is 16.5. The third-order valence-corrected chi connectivity index (χ3v) is 4.53. The second-order valence-corrected chi connectivity index (χ2v) is 6.68. The fourth-order valence-electron chi connectivity index (χ4n) is 3.17. The molecule has 0 aromatic heterocycles. The number of nitrogens with zero attached hydrogens (tertiary/aromatic N) is 1. The molecule has 0 saturated carbocycles. The number of carbonyl (C=O) groups is 3. The van der Waals surface area contributed by atoms with E-state index < -0.39 is 6.04 Å². The zero-order chi connectivity index (χ0) is 16.8. The molecule has 0 bridgehead atoms. The molecule has 0 aliphatic carbocycles. The van der Waals surface area contributed by atoms with Crippen LogP contribution in [0.2, 0.25) is 0 Å². The van der Waals surface area contributed by atoms with E-state index in [1.54, 1.807) is 0 Å². The topological polar surface area (TPSA) is 102 Å². The Morgan fingerprint density at radius 2 is 2.09 bits per heavy atom. The zero-order valence-electron chi connectivity index (χ0n) is 13.8. The van der Waals surface area contributed by atoms with Gasteiger partial charge in [0.1, 0.15) is 12.6 Å². The van der Waals surface area contributed by atoms with E-state index in [0.29, 0.717) is 13.0 Å². The first-order chi connectivity index (χ1) is 11.0. The maximum absolute atomic E-state index is 12.1. The Kier molecular flexibility index (Phi) is 6.53. The van der Waals surface area contributed by atoms with Gasteiger partial charge in [0.2, 0.25) is 11.8 Å². The van der Waals surface area contributed by atoms with Gasteiger partial charge in [-0.3, -0.25) is 14.4 Å². The Labute approximate surface area is 136 Å². The fourth-order valence-corrected chi connectivity index (χ4v) is 3.17. The predicted octanol–water partition coefficient (Wildman–Crippen LogP) is -0.173. The number of likely N-dealkylation sites (tertiary alicyclic amines) is 1. The molecule has 23 heavy (non-hydrogen) atoms. The highest BCUT2D eigenvalue weighted by Gasteiger charge is 2.38. The van der Waals surface area contributed by atoms with Gasteiger partial charge in [0, 0.05) is 19.4 Å². The first-order valence-corrected chi connectivity index (χ1v) is 8.40. The van der Waals surface area contributed by atoms with Crippen molar-refractivity contribution in [3.05, 3.63) is 0 Å². The molecule has 2 saturated heterocycles. The number of ether oxygens (including phenoxy) is 1. The van der Waals surface area contributed by atoms with Gasteiger partial charge in [-0.1, -0.05) is 6.92 Å². The summed E-state index contributed by atoms with van der Waals surface area (Å²) in [6.45, 7) is 4.71. The molecule has 130 valence electrons. The number of Topliss-reactive ketones (excluding diaryl/α,β-unsaturated/α-hetero) is 1. The molecule has 3 N–H and O–H groups in total. The van der Waals surface area contributed by atoms with Crippen LogP contribution in [0.3, 0.4) is 0 Å². The van der Waals surface area contributed by atoms with Crippen molar-refractivity contribution in [2.24, 2.45) is 11.7 Å². The van der Waals surface area contributed by atoms with Crippen LogP contribution in [0.1, 0.15) is 39.0 Å². The smallest absolute Gasteiger partial charge is 0.220 e. The van der Waals surface area contributed by atoms with E-state index in [2.05, 4.69) is 10.2 Å². The van der Waals surface area contributed by atoms with Crippen LogP contribution in [0.5, 0.6) is 0 Å². The summed E-state index contributed by atoms with van der Waals surface area (Å²) in [6, 6.07) is -0.550. The number of nitrogens with two attached hydrogens (primary N) is 1. The molecule has 2 fully saturated rings. The fraction of sp³-hybridized carbons (Fsp3) is 0.812. The lowest BCUT2D eigenvalue weighted by Gasteiger charge is -2.24. The van der Waals surface area contributed by atoms with E-state index in [0.717, 1.165) is 13.1 Å². The third-order valence-electron chi connectivity index (χ3n) is 4.53. The molecule has 2 aliphatic rings. The first-order valence-electron chi connectivity index (χ1n) is 8.40. The summed E-state index contributed by atoms with van der Waals surface area (Å²) in [7, 11) is 0. The minimum absolute atomic E-state index is 0.0527. The molecule has 0 aromatic carbocycles. The molecule has 0 spiro atoms. The van der Waals surface area contributed by atoms with E-state index in [9.17, 15) is 14.4 Å². The summed E-state index contributed by atoms with van der Waals surface area (Å²) in [4.78, 5) is 37.2. The standard InChI is InChI=1S/C16H27N3O4/c1-11(4-5-14(17)21)8-15(22)18-16-12(20)10-23-13(16)9-19-6-2-3-7-19/h11,13,16H,2-10H2,1H3,(H2,17,21)(H,18,22). The average molecular weight is 325 g/mol. The maximum atomic E-state index is 12.1. The van der Waals surface area contributed by atoms with E-state index in [1.807, 2.05) is 6.92 Å². The van der Waals surface area contributed by atoms with Gasteiger partial charge in [0.15, 0.2) is 5.78 Å². The number of rotatable bonds is 8. The summed E-state index contributed by atoms with van der Waals surface area (Å²) in [5.74, 6) is -0.538. The minimum Gasteiger partial charge on any atom is -0.370 e. The van der Waals surface area contributed by atoms with Gasteiger partial charge in [-0.25, -0.2) is 0 Å². The van der Waals surface area contributed by atoms with Gasteiger partial charge in [-0.2, -0.15) is 0 Å². The van der Waals surface area contributed by atoms with Crippen molar-refractivity contribution in [3.8, 4) is 0 Å². The predicted molar refractivity (Wildman–Crippen MR) is 84.6 cm³/mol. The molecular weight excluding hydrogens is 298 g/mol. The number of ketones is 1. The van der Waals surface area contributed by atoms with Crippen LogP contribution in [-0.4, -0.2) is 60.9 Å². The maximum Gasteiger partial charge on any atom is 0.220 e. The molecule has 2 rings (SSSR count). The molecule has 7 heteroatoms. The van der Waals surface area contributed by atoms with E-state index in [1.165, 1.54) is 12.8 Å². The van der Waals surface area contributed by atoms with Crippen molar-refractivity contribution in [1.82, 2.24) is 10.2 Å². The number of nitrogens with one attached hydrogen (secondary N) is 1. The average Bonchev–Trinajstić information content (AvgIpc) is 3.10. The van der Waals surface area contributed by atoms with Crippen molar-refractivity contribution in [2.75, 3.05) is 26.2 Å². The van der Waals surface area contributed by atoms with Crippen LogP contribution in [0.4, 0.5) is 0 Å². The van der Waals surface area contributed by atoms with Gasteiger partial charge in [0.05, 0.1) is 6.10 Å². The molecule has 2 amide bonds. The van der Waals surface area contributed by atoms with Gasteiger partial charge in [0.25, 0.3) is 0 Å². The van der Waals surface area contributed by atoms with Crippen LogP contribution < -0.4 is 11.1 Å². The van der Waals surface area contributed by atoms with Crippen molar-refractivity contribution < 1.29 is 19.1 Å². The largest absolute Gasteiger partial charge is 0.370 e. The summed E-state index contributed by atoms with van der Waals surface area (Å²) in [5.41, 5.74) is 5.11. The van der Waals surface area contributed by atoms with Gasteiger partial charge < -0.3 is 20.7 Å². The van der Waals surface area contributed by atoms with Crippen LogP contribution in [-0.2, 0) is 19.1 Å². The molecule has 7 nitrogen and oxygen atoms in total. The number of primary amides is 1. The molecule has 2 heterocycles. The summed E-state index contributed by atoms with van der Waals surface area (Å²) in [5, 5.41) is 2.81. The van der Waals surface area contributed by atoms with Crippen LogP contribution in [0, 0.1) is 5.92 Å². The highest BCUT2D eigenvalue weighted by Crippen LogP contribution is 2.17. The first kappa shape index (κ1) is 17.9. The Balaban J connectivity index is 1.79. The number of hydrogen-bond donors (Lipinski definition) is 2. The second-order valence-electron chi connectivity index (χ2n) is 6.68. The second kappa shape index (κ2) is 8.40. The summed E-state index contributed by atoms with van der Waals surface area (Å²) < 4.78 is 5.56. The molecule has 2 aliphatic heterocycles. The Hall–Kier alpha value is -1.47. The van der Waals surface area contributed by atoms with Crippen molar-refractivity contribution in [3.63, 3.8) is 0 Å². The lowest BCUT2D eigenvalue weighted by Crippen LogP contribution is -2.48. The Bertz CT molecular complexity index is 449. The van der Waals surface area contributed by atoms with Crippen molar-refractivity contribution in [1.29, 1.82) is 0 Å². The Morgan fingerprint density at radius 3 is 2.74 bits per heavy atom. The van der Waals surface area contributed by atoms with E-state index >= 15 is 0 Å². The highest BCUT2D eigenvalue weighted by molar-refractivity contribution is 5.91. The van der Waals surface area contributed by atoms with Crippen LogP contribution in [0.25, 0.3) is 0 Å². The third kappa shape index (κ3) is 5.58. The van der Waals surface area contributed by atoms with E-state index in [4.69, 9.17) is 10.5 Å². The minimum atomic E-state index is -0.550. The number of amides is 2. The van der Waals surface area contributed by atoms with Crippen LogP contribution >= 0.6 is 0 Å². The number of carbonyl (C=O) groups excluding carboxylic acids is 3. The molecular formula is C16H27N3O4. The quantitative estimate of drug-likeness (QED) is 0.645. The normalized spacial score (nSPS) is 26.4. The molecule has 3 unspecified atom stereocenters. The Morgan fingerprint density at radius 1 is 1.39 bits per heavy atom. The molecule has 0 aromatic rings. The number of hydrogen-bond acceptors (Lipinski definition) is 5. The van der Waals surface area contributed by atoms with Crippen molar-refractivity contribution in [2.45, 2.75) is 51.2 Å². The molecule has 3 atom stereocenters. The van der Waals surface area contributed by atoms with Crippen molar-refractivity contribution >= 4 is 17.6 Å². The lowest BCUT2D eigenvalue weighted by molar-refractivity contribution is -0.127. The zero-order valence-corrected chi connectivity index (χ0v) is 13.8. The monoisotopic (exact) mass is 325 g/mol. The van der Waals surface area contributed by atoms with Gasteiger partial charge in [-0.15, -0.1) is 0 Å². The van der Waals surface area contributed by atoms with Gasteiger partial charge in [-0.05, 0) is 38.3 Å². The summed E-state index contributed by atoms with van der Waals surface area (Å²) >= 11 is 0. The summed E-state index contributed by atoms with van der Waals surface area (Å²) in [6.07, 6.45) is 3.23. The van der Waals surface area contributed by atoms with Crippen LogP contribution in [0.15, 0.2) is 0 Å². The lowest BCUT2D eigenvalue weighted by atomic mass is 10.0.